The maximum Gasteiger partial charge on any atom is 0.414 e. The van der Waals surface area contributed by atoms with Gasteiger partial charge in [0.05, 0.1) is 29.6 Å². The summed E-state index contributed by atoms with van der Waals surface area (Å²) in [6, 6.07) is 12.4. The van der Waals surface area contributed by atoms with E-state index in [-0.39, 0.29) is 12.5 Å². The number of hydrogen-bond donors (Lipinski definition) is 1. The van der Waals surface area contributed by atoms with Crippen molar-refractivity contribution < 1.29 is 14.3 Å². The molecule has 1 saturated heterocycles. The normalized spacial score (nSPS) is 16.6. The molecule has 1 aromatic carbocycles. The second-order valence-corrected chi connectivity index (χ2v) is 6.68. The molecular formula is C17H15N3O3S. The van der Waals surface area contributed by atoms with Crippen molar-refractivity contribution in [3.05, 3.63) is 51.7 Å². The molecule has 6 nitrogen and oxygen atoms in total. The Kier molecular flexibility index (Phi) is 4.49. The van der Waals surface area contributed by atoms with Gasteiger partial charge in [-0.05, 0) is 43.3 Å². The minimum absolute atomic E-state index is 0.166. The summed E-state index contributed by atoms with van der Waals surface area (Å²) >= 11 is 1.42. The number of nitrogens with one attached hydrogen (secondary N) is 1. The first-order valence-corrected chi connectivity index (χ1v) is 8.21. The van der Waals surface area contributed by atoms with Crippen LogP contribution in [0, 0.1) is 18.3 Å². The molecular weight excluding hydrogens is 326 g/mol. The fourth-order valence-corrected chi connectivity index (χ4v) is 3.19. The lowest BCUT2D eigenvalue weighted by Gasteiger charge is -2.13. The highest BCUT2D eigenvalue weighted by atomic mass is 32.1. The Hall–Kier alpha value is -2.85. The Morgan fingerprint density at radius 2 is 2.12 bits per heavy atom. The molecule has 1 aromatic heterocycles. The number of aryl methyl sites for hydroxylation is 1. The molecule has 1 atom stereocenters. The molecule has 1 fully saturated rings. The number of benzene rings is 1. The molecule has 2 amide bonds. The number of carbonyl (C=O) groups excluding carboxylic acids is 2. The summed E-state index contributed by atoms with van der Waals surface area (Å²) in [6.07, 6.45) is -0.857. The lowest BCUT2D eigenvalue weighted by molar-refractivity contribution is 0.0920. The lowest BCUT2D eigenvalue weighted by Crippen LogP contribution is -2.34. The lowest BCUT2D eigenvalue weighted by atomic mass is 10.2. The summed E-state index contributed by atoms with van der Waals surface area (Å²) in [6.45, 7) is 2.55. The van der Waals surface area contributed by atoms with Crippen LogP contribution in [0.15, 0.2) is 36.4 Å². The third kappa shape index (κ3) is 3.39. The maximum atomic E-state index is 12.0. The van der Waals surface area contributed by atoms with E-state index < -0.39 is 12.2 Å². The Labute approximate surface area is 143 Å². The monoisotopic (exact) mass is 341 g/mol. The first-order chi connectivity index (χ1) is 11.6. The zero-order valence-corrected chi connectivity index (χ0v) is 13.8. The van der Waals surface area contributed by atoms with Crippen LogP contribution in [-0.4, -0.2) is 31.2 Å². The van der Waals surface area contributed by atoms with Crippen molar-refractivity contribution in [3.63, 3.8) is 0 Å². The molecule has 1 N–H and O–H groups in total. The molecule has 0 spiro atoms. The van der Waals surface area contributed by atoms with Gasteiger partial charge in [-0.15, -0.1) is 11.3 Å². The summed E-state index contributed by atoms with van der Waals surface area (Å²) in [7, 11) is 0. The Balaban J connectivity index is 1.58. The molecule has 1 aliphatic rings. The Morgan fingerprint density at radius 3 is 2.75 bits per heavy atom. The van der Waals surface area contributed by atoms with E-state index in [1.54, 1.807) is 30.3 Å². The molecule has 1 aliphatic heterocycles. The molecule has 3 rings (SSSR count). The van der Waals surface area contributed by atoms with Crippen LogP contribution in [-0.2, 0) is 4.74 Å². The molecule has 24 heavy (non-hydrogen) atoms. The molecule has 122 valence electrons. The highest BCUT2D eigenvalue weighted by Crippen LogP contribution is 2.22. The number of rotatable bonds is 4. The largest absolute Gasteiger partial charge is 0.442 e. The van der Waals surface area contributed by atoms with Gasteiger partial charge in [-0.2, -0.15) is 5.26 Å². The van der Waals surface area contributed by atoms with Crippen molar-refractivity contribution in [1.29, 1.82) is 5.26 Å². The zero-order valence-electron chi connectivity index (χ0n) is 13.0. The fraction of sp³-hybridized carbons (Fsp3) is 0.235. The summed E-state index contributed by atoms with van der Waals surface area (Å²) in [5.41, 5.74) is 1.20. The van der Waals surface area contributed by atoms with Gasteiger partial charge >= 0.3 is 6.09 Å². The number of amides is 2. The van der Waals surface area contributed by atoms with Crippen LogP contribution >= 0.6 is 11.3 Å². The van der Waals surface area contributed by atoms with Gasteiger partial charge in [-0.25, -0.2) is 4.79 Å². The SMILES string of the molecule is Cc1ccc(C(=O)NC[C@H]2CN(c3ccc(C#N)cc3)C(=O)O2)s1. The second-order valence-electron chi connectivity index (χ2n) is 5.40. The number of nitrogens with zero attached hydrogens (tertiary/aromatic N) is 2. The van der Waals surface area contributed by atoms with E-state index in [1.807, 2.05) is 19.1 Å². The van der Waals surface area contributed by atoms with E-state index in [0.717, 1.165) is 4.88 Å². The number of cyclic esters (lactones) is 1. The zero-order chi connectivity index (χ0) is 17.1. The highest BCUT2D eigenvalue weighted by Gasteiger charge is 2.32. The van der Waals surface area contributed by atoms with Gasteiger partial charge in [0.15, 0.2) is 0 Å². The van der Waals surface area contributed by atoms with E-state index in [9.17, 15) is 9.59 Å². The summed E-state index contributed by atoms with van der Waals surface area (Å²) < 4.78 is 5.29. The van der Waals surface area contributed by atoms with E-state index in [2.05, 4.69) is 5.32 Å². The first-order valence-electron chi connectivity index (χ1n) is 7.40. The summed E-state index contributed by atoms with van der Waals surface area (Å²) in [5.74, 6) is -0.166. The Morgan fingerprint density at radius 1 is 1.38 bits per heavy atom. The van der Waals surface area contributed by atoms with Crippen LogP contribution in [0.2, 0.25) is 0 Å². The Bertz CT molecular complexity index is 807. The molecule has 2 heterocycles. The van der Waals surface area contributed by atoms with Crippen molar-refractivity contribution in [2.24, 2.45) is 0 Å². The highest BCUT2D eigenvalue weighted by molar-refractivity contribution is 7.13. The predicted octanol–water partition coefficient (Wildman–Crippen LogP) is 2.68. The predicted molar refractivity (Wildman–Crippen MR) is 90.2 cm³/mol. The van der Waals surface area contributed by atoms with E-state index in [1.165, 1.54) is 16.2 Å². The van der Waals surface area contributed by atoms with Crippen molar-refractivity contribution in [2.75, 3.05) is 18.0 Å². The quantitative estimate of drug-likeness (QED) is 0.927. The number of hydrogen-bond acceptors (Lipinski definition) is 5. The standard InChI is InChI=1S/C17H15N3O3S/c1-11-2-7-15(24-11)16(21)19-9-14-10-20(17(22)23-14)13-5-3-12(8-18)4-6-13/h2-7,14H,9-10H2,1H3,(H,19,21)/t14-/m0/s1. The molecule has 0 bridgehead atoms. The molecule has 2 aromatic rings. The van der Waals surface area contributed by atoms with Gasteiger partial charge in [0, 0.05) is 10.6 Å². The number of nitriles is 1. The second kappa shape index (κ2) is 6.72. The van der Waals surface area contributed by atoms with Gasteiger partial charge < -0.3 is 10.1 Å². The van der Waals surface area contributed by atoms with Crippen LogP contribution in [0.4, 0.5) is 10.5 Å². The van der Waals surface area contributed by atoms with Gasteiger partial charge in [-0.1, -0.05) is 0 Å². The average molecular weight is 341 g/mol. The number of anilines is 1. The van der Waals surface area contributed by atoms with E-state index in [0.29, 0.717) is 22.7 Å². The van der Waals surface area contributed by atoms with Gasteiger partial charge in [0.2, 0.25) is 0 Å². The van der Waals surface area contributed by atoms with E-state index in [4.69, 9.17) is 10.00 Å². The molecule has 0 unspecified atom stereocenters. The minimum Gasteiger partial charge on any atom is -0.442 e. The van der Waals surface area contributed by atoms with Crippen molar-refractivity contribution in [2.45, 2.75) is 13.0 Å². The maximum absolute atomic E-state index is 12.0. The minimum atomic E-state index is -0.453. The van der Waals surface area contributed by atoms with Gasteiger partial charge in [0.1, 0.15) is 6.10 Å². The van der Waals surface area contributed by atoms with Crippen molar-refractivity contribution in [3.8, 4) is 6.07 Å². The third-order valence-corrected chi connectivity index (χ3v) is 4.64. The summed E-state index contributed by atoms with van der Waals surface area (Å²) in [4.78, 5) is 27.2. The third-order valence-electron chi connectivity index (χ3n) is 3.64. The number of carbonyl (C=O) groups is 2. The van der Waals surface area contributed by atoms with Crippen molar-refractivity contribution in [1.82, 2.24) is 5.32 Å². The fourth-order valence-electron chi connectivity index (χ4n) is 2.40. The number of thiophene rings is 1. The van der Waals surface area contributed by atoms with Crippen molar-refractivity contribution >= 4 is 29.0 Å². The molecule has 7 heteroatoms. The smallest absolute Gasteiger partial charge is 0.414 e. The van der Waals surface area contributed by atoms with Crippen LogP contribution in [0.1, 0.15) is 20.1 Å². The molecule has 0 radical (unpaired) electrons. The topological polar surface area (TPSA) is 82.4 Å². The summed E-state index contributed by atoms with van der Waals surface area (Å²) in [5, 5.41) is 11.6. The van der Waals surface area contributed by atoms with Crippen LogP contribution in [0.25, 0.3) is 0 Å². The average Bonchev–Trinajstić information content (AvgIpc) is 3.18. The van der Waals surface area contributed by atoms with Crippen LogP contribution < -0.4 is 10.2 Å². The van der Waals surface area contributed by atoms with Gasteiger partial charge in [-0.3, -0.25) is 9.69 Å². The van der Waals surface area contributed by atoms with E-state index >= 15 is 0 Å². The number of ether oxygens (including phenoxy) is 1. The van der Waals surface area contributed by atoms with Gasteiger partial charge in [0.25, 0.3) is 5.91 Å². The molecule has 0 aliphatic carbocycles. The first kappa shape index (κ1) is 16.0. The molecule has 0 saturated carbocycles. The van der Waals surface area contributed by atoms with Crippen LogP contribution in [0.3, 0.4) is 0 Å². The van der Waals surface area contributed by atoms with Crippen LogP contribution in [0.5, 0.6) is 0 Å².